The van der Waals surface area contributed by atoms with Crippen LogP contribution in [0.1, 0.15) is 32.8 Å². The van der Waals surface area contributed by atoms with Gasteiger partial charge in [0.15, 0.2) is 0 Å². The number of rotatable bonds is 6. The quantitative estimate of drug-likeness (QED) is 0.747. The minimum Gasteiger partial charge on any atom is -0.396 e. The van der Waals surface area contributed by atoms with E-state index in [2.05, 4.69) is 5.32 Å². The van der Waals surface area contributed by atoms with Crippen molar-refractivity contribution in [2.45, 2.75) is 45.3 Å². The highest BCUT2D eigenvalue weighted by Gasteiger charge is 2.62. The minimum absolute atomic E-state index is 0.0141. The van der Waals surface area contributed by atoms with Crippen LogP contribution in [-0.4, -0.2) is 35.9 Å². The van der Waals surface area contributed by atoms with Gasteiger partial charge in [-0.05, 0) is 31.0 Å². The predicted molar refractivity (Wildman–Crippen MR) is 86.6 cm³/mol. The summed E-state index contributed by atoms with van der Waals surface area (Å²) >= 11 is 0. The minimum atomic E-state index is -0.920. The van der Waals surface area contributed by atoms with Gasteiger partial charge in [-0.3, -0.25) is 4.79 Å². The molecule has 22 heavy (non-hydrogen) atoms. The Morgan fingerprint density at radius 1 is 1.41 bits per heavy atom. The van der Waals surface area contributed by atoms with Crippen LogP contribution in [0.2, 0.25) is 0 Å². The lowest BCUT2D eigenvalue weighted by Crippen LogP contribution is -2.74. The summed E-state index contributed by atoms with van der Waals surface area (Å²) in [7, 11) is 0. The van der Waals surface area contributed by atoms with Crippen LogP contribution in [0.25, 0.3) is 0 Å². The lowest BCUT2D eigenvalue weighted by Gasteiger charge is -2.57. The highest BCUT2D eigenvalue weighted by molar-refractivity contribution is 5.99. The molecule has 0 saturated heterocycles. The van der Waals surface area contributed by atoms with Crippen molar-refractivity contribution in [3.05, 3.63) is 29.8 Å². The molecule has 0 aromatic heterocycles. The molecule has 5 heteroatoms. The molecule has 1 amide bonds. The number of nitrogens with one attached hydrogen (secondary N) is 1. The van der Waals surface area contributed by atoms with Gasteiger partial charge in [-0.1, -0.05) is 26.0 Å². The summed E-state index contributed by atoms with van der Waals surface area (Å²) < 4.78 is 5.65. The van der Waals surface area contributed by atoms with Crippen molar-refractivity contribution in [2.24, 2.45) is 11.1 Å². The predicted octanol–water partition coefficient (Wildman–Crippen LogP) is 1.69. The SMILES string of the molecule is CCOC1CC(N)(C(=O)Nc2ccc(CCO)cc2)C1(C)C. The molecular formula is C17H26N2O3. The van der Waals surface area contributed by atoms with E-state index in [0.29, 0.717) is 25.1 Å². The Morgan fingerprint density at radius 2 is 2.05 bits per heavy atom. The lowest BCUT2D eigenvalue weighted by atomic mass is 9.54. The first-order chi connectivity index (χ1) is 10.3. The Labute approximate surface area is 131 Å². The van der Waals surface area contributed by atoms with Gasteiger partial charge in [0, 0.05) is 30.7 Å². The molecule has 1 saturated carbocycles. The number of amides is 1. The molecule has 122 valence electrons. The molecule has 1 aliphatic rings. The topological polar surface area (TPSA) is 84.6 Å². The standard InChI is InChI=1S/C17H26N2O3/c1-4-22-14-11-17(18,16(14,2)3)15(21)19-13-7-5-12(6-8-13)9-10-20/h5-8,14,20H,4,9-11,18H2,1-3H3,(H,19,21). The van der Waals surface area contributed by atoms with Crippen molar-refractivity contribution in [3.63, 3.8) is 0 Å². The third kappa shape index (κ3) is 2.89. The number of aliphatic hydroxyl groups is 1. The molecule has 0 radical (unpaired) electrons. The van der Waals surface area contributed by atoms with E-state index < -0.39 is 11.0 Å². The summed E-state index contributed by atoms with van der Waals surface area (Å²) in [6, 6.07) is 7.45. The van der Waals surface area contributed by atoms with E-state index >= 15 is 0 Å². The fraction of sp³-hybridized carbons (Fsp3) is 0.588. The maximum Gasteiger partial charge on any atom is 0.245 e. The number of hydrogen-bond acceptors (Lipinski definition) is 4. The summed E-state index contributed by atoms with van der Waals surface area (Å²) in [5.74, 6) is -0.177. The maximum absolute atomic E-state index is 12.6. The molecule has 2 rings (SSSR count). The van der Waals surface area contributed by atoms with E-state index in [1.54, 1.807) is 0 Å². The number of ether oxygens (including phenoxy) is 1. The second kappa shape index (κ2) is 6.36. The number of aliphatic hydroxyl groups excluding tert-OH is 1. The lowest BCUT2D eigenvalue weighted by molar-refractivity contribution is -0.166. The van der Waals surface area contributed by atoms with Crippen molar-refractivity contribution < 1.29 is 14.6 Å². The largest absolute Gasteiger partial charge is 0.396 e. The molecule has 0 aliphatic heterocycles. The number of carbonyl (C=O) groups excluding carboxylic acids is 1. The third-order valence-corrected chi connectivity index (χ3v) is 4.85. The molecule has 2 unspecified atom stereocenters. The van der Waals surface area contributed by atoms with Gasteiger partial charge in [0.25, 0.3) is 0 Å². The average Bonchev–Trinajstić information content (AvgIpc) is 2.49. The average molecular weight is 306 g/mol. The van der Waals surface area contributed by atoms with E-state index in [0.717, 1.165) is 5.56 Å². The first kappa shape index (κ1) is 16.9. The number of hydrogen-bond donors (Lipinski definition) is 3. The molecule has 1 aromatic carbocycles. The normalized spacial score (nSPS) is 26.3. The summed E-state index contributed by atoms with van der Waals surface area (Å²) in [6.45, 7) is 6.63. The Bertz CT molecular complexity index is 527. The molecule has 2 atom stereocenters. The molecule has 1 fully saturated rings. The van der Waals surface area contributed by atoms with Gasteiger partial charge in [0.05, 0.1) is 6.10 Å². The van der Waals surface area contributed by atoms with Gasteiger partial charge in [-0.25, -0.2) is 0 Å². The first-order valence-corrected chi connectivity index (χ1v) is 7.77. The van der Waals surface area contributed by atoms with Crippen LogP contribution < -0.4 is 11.1 Å². The molecule has 1 aromatic rings. The molecule has 4 N–H and O–H groups in total. The smallest absolute Gasteiger partial charge is 0.245 e. The highest BCUT2D eigenvalue weighted by Crippen LogP contribution is 2.50. The summed E-state index contributed by atoms with van der Waals surface area (Å²) in [5.41, 5.74) is 6.77. The Morgan fingerprint density at radius 3 is 2.55 bits per heavy atom. The molecule has 0 heterocycles. The molecular weight excluding hydrogens is 280 g/mol. The second-order valence-corrected chi connectivity index (χ2v) is 6.47. The number of nitrogens with two attached hydrogens (primary N) is 1. The van der Waals surface area contributed by atoms with E-state index in [9.17, 15) is 4.79 Å². The molecule has 1 aliphatic carbocycles. The number of anilines is 1. The fourth-order valence-electron chi connectivity index (χ4n) is 2.95. The van der Waals surface area contributed by atoms with Gasteiger partial charge in [-0.15, -0.1) is 0 Å². The van der Waals surface area contributed by atoms with Crippen molar-refractivity contribution in [3.8, 4) is 0 Å². The third-order valence-electron chi connectivity index (χ3n) is 4.85. The Balaban J connectivity index is 2.03. The molecule has 5 nitrogen and oxygen atoms in total. The van der Waals surface area contributed by atoms with Crippen LogP contribution in [0.4, 0.5) is 5.69 Å². The van der Waals surface area contributed by atoms with Crippen LogP contribution in [-0.2, 0) is 16.0 Å². The maximum atomic E-state index is 12.6. The van der Waals surface area contributed by atoms with Crippen LogP contribution in [0, 0.1) is 5.41 Å². The monoisotopic (exact) mass is 306 g/mol. The van der Waals surface area contributed by atoms with Crippen molar-refractivity contribution >= 4 is 11.6 Å². The number of carbonyl (C=O) groups is 1. The van der Waals surface area contributed by atoms with Crippen LogP contribution in [0.3, 0.4) is 0 Å². The van der Waals surface area contributed by atoms with Gasteiger partial charge in [0.1, 0.15) is 5.54 Å². The Hall–Kier alpha value is -1.43. The second-order valence-electron chi connectivity index (χ2n) is 6.47. The Kier molecular flexibility index (Phi) is 4.90. The zero-order valence-electron chi connectivity index (χ0n) is 13.6. The van der Waals surface area contributed by atoms with Crippen molar-refractivity contribution in [2.75, 3.05) is 18.5 Å². The van der Waals surface area contributed by atoms with Crippen LogP contribution in [0.5, 0.6) is 0 Å². The molecule has 0 spiro atoms. The number of benzene rings is 1. The van der Waals surface area contributed by atoms with E-state index in [1.807, 2.05) is 45.0 Å². The molecule has 0 bridgehead atoms. The summed E-state index contributed by atoms with van der Waals surface area (Å²) in [5, 5.41) is 11.8. The van der Waals surface area contributed by atoms with Crippen molar-refractivity contribution in [1.29, 1.82) is 0 Å². The zero-order valence-corrected chi connectivity index (χ0v) is 13.6. The summed E-state index contributed by atoms with van der Waals surface area (Å²) in [6.07, 6.45) is 1.15. The van der Waals surface area contributed by atoms with Crippen LogP contribution in [0.15, 0.2) is 24.3 Å². The van der Waals surface area contributed by atoms with Gasteiger partial charge in [-0.2, -0.15) is 0 Å². The van der Waals surface area contributed by atoms with Gasteiger partial charge >= 0.3 is 0 Å². The summed E-state index contributed by atoms with van der Waals surface area (Å²) in [4.78, 5) is 12.6. The highest BCUT2D eigenvalue weighted by atomic mass is 16.5. The zero-order chi connectivity index (χ0) is 16.4. The van der Waals surface area contributed by atoms with Gasteiger partial charge < -0.3 is 20.9 Å². The van der Waals surface area contributed by atoms with Gasteiger partial charge in [0.2, 0.25) is 5.91 Å². The van der Waals surface area contributed by atoms with Crippen molar-refractivity contribution in [1.82, 2.24) is 0 Å². The fourth-order valence-corrected chi connectivity index (χ4v) is 2.95. The van der Waals surface area contributed by atoms with E-state index in [4.69, 9.17) is 15.6 Å². The van der Waals surface area contributed by atoms with Crippen LogP contribution >= 0.6 is 0 Å². The van der Waals surface area contributed by atoms with E-state index in [-0.39, 0.29) is 18.6 Å². The first-order valence-electron chi connectivity index (χ1n) is 7.77. The van der Waals surface area contributed by atoms with E-state index in [1.165, 1.54) is 0 Å².